The summed E-state index contributed by atoms with van der Waals surface area (Å²) in [6, 6.07) is 20.3. The lowest BCUT2D eigenvalue weighted by molar-refractivity contribution is 0.102. The van der Waals surface area contributed by atoms with Crippen LogP contribution in [0.3, 0.4) is 0 Å². The maximum Gasteiger partial charge on any atom is 0.274 e. The molecule has 0 unspecified atom stereocenters. The number of amides is 1. The Bertz CT molecular complexity index is 978. The van der Waals surface area contributed by atoms with Gasteiger partial charge in [0, 0.05) is 37.6 Å². The van der Waals surface area contributed by atoms with Gasteiger partial charge in [0.15, 0.2) is 0 Å². The fourth-order valence-corrected chi connectivity index (χ4v) is 3.63. The highest BCUT2D eigenvalue weighted by atomic mass is 16.1. The lowest BCUT2D eigenvalue weighted by Crippen LogP contribution is -2.46. The number of aryl methyl sites for hydroxylation is 2. The van der Waals surface area contributed by atoms with Crippen molar-refractivity contribution in [1.82, 2.24) is 4.98 Å². The lowest BCUT2D eigenvalue weighted by Gasteiger charge is -2.37. The van der Waals surface area contributed by atoms with E-state index < -0.39 is 0 Å². The van der Waals surface area contributed by atoms with Crippen molar-refractivity contribution in [3.05, 3.63) is 83.7 Å². The zero-order valence-corrected chi connectivity index (χ0v) is 16.9. The molecule has 2 aromatic carbocycles. The van der Waals surface area contributed by atoms with Gasteiger partial charge in [-0.25, -0.2) is 4.98 Å². The predicted molar refractivity (Wildman–Crippen MR) is 119 cm³/mol. The molecule has 1 fully saturated rings. The van der Waals surface area contributed by atoms with Gasteiger partial charge in [-0.3, -0.25) is 4.79 Å². The number of piperazine rings is 1. The first-order valence-corrected chi connectivity index (χ1v) is 10.00. The minimum Gasteiger partial charge on any atom is -0.368 e. The van der Waals surface area contributed by atoms with Gasteiger partial charge in [0.25, 0.3) is 5.91 Å². The van der Waals surface area contributed by atoms with Crippen molar-refractivity contribution in [3.63, 3.8) is 0 Å². The van der Waals surface area contributed by atoms with Gasteiger partial charge in [-0.2, -0.15) is 0 Å². The maximum atomic E-state index is 12.6. The molecule has 4 rings (SSSR count). The van der Waals surface area contributed by atoms with Crippen LogP contribution < -0.4 is 15.1 Å². The van der Waals surface area contributed by atoms with E-state index in [-0.39, 0.29) is 5.91 Å². The largest absolute Gasteiger partial charge is 0.368 e. The molecule has 0 spiro atoms. The Labute approximate surface area is 172 Å². The molecular weight excluding hydrogens is 360 g/mol. The van der Waals surface area contributed by atoms with E-state index in [9.17, 15) is 4.79 Å². The number of aromatic nitrogens is 1. The first kappa shape index (κ1) is 19.0. The third kappa shape index (κ3) is 4.40. The van der Waals surface area contributed by atoms with Crippen molar-refractivity contribution in [2.24, 2.45) is 0 Å². The fourth-order valence-electron chi connectivity index (χ4n) is 3.63. The molecule has 2 heterocycles. The number of pyridine rings is 1. The van der Waals surface area contributed by atoms with E-state index in [1.807, 2.05) is 44.2 Å². The summed E-state index contributed by atoms with van der Waals surface area (Å²) in [7, 11) is 0. The Hall–Kier alpha value is -3.34. The average molecular weight is 386 g/mol. The summed E-state index contributed by atoms with van der Waals surface area (Å²) in [6.07, 6.45) is 1.80. The molecule has 0 bridgehead atoms. The molecule has 1 saturated heterocycles. The highest BCUT2D eigenvalue weighted by Crippen LogP contribution is 2.21. The second-order valence-corrected chi connectivity index (χ2v) is 7.48. The van der Waals surface area contributed by atoms with E-state index in [1.165, 1.54) is 5.69 Å². The molecule has 29 heavy (non-hydrogen) atoms. The summed E-state index contributed by atoms with van der Waals surface area (Å²) in [6.45, 7) is 7.81. The van der Waals surface area contributed by atoms with Gasteiger partial charge in [0.2, 0.25) is 0 Å². The third-order valence-electron chi connectivity index (χ3n) is 5.39. The van der Waals surface area contributed by atoms with Gasteiger partial charge in [0.1, 0.15) is 5.69 Å². The lowest BCUT2D eigenvalue weighted by atomic mass is 10.1. The summed E-state index contributed by atoms with van der Waals surface area (Å²) in [5.41, 5.74) is 5.74. The van der Waals surface area contributed by atoms with Crippen LogP contribution >= 0.6 is 0 Å². The number of hydrogen-bond acceptors (Lipinski definition) is 4. The molecular formula is C24H26N4O. The maximum absolute atomic E-state index is 12.6. The van der Waals surface area contributed by atoms with Gasteiger partial charge in [-0.15, -0.1) is 0 Å². The van der Waals surface area contributed by atoms with Crippen LogP contribution in [0.15, 0.2) is 66.9 Å². The zero-order chi connectivity index (χ0) is 20.2. The molecule has 1 amide bonds. The molecule has 1 aliphatic heterocycles. The number of nitrogens with zero attached hydrogens (tertiary/aromatic N) is 3. The van der Waals surface area contributed by atoms with Crippen molar-refractivity contribution in [3.8, 4) is 0 Å². The van der Waals surface area contributed by atoms with Crippen molar-refractivity contribution in [1.29, 1.82) is 0 Å². The predicted octanol–water partition coefficient (Wildman–Crippen LogP) is 4.28. The minimum atomic E-state index is -0.181. The van der Waals surface area contributed by atoms with Crippen molar-refractivity contribution in [2.45, 2.75) is 13.8 Å². The van der Waals surface area contributed by atoms with Gasteiger partial charge in [-0.1, -0.05) is 30.3 Å². The van der Waals surface area contributed by atoms with Crippen LogP contribution in [0.4, 0.5) is 17.1 Å². The first-order valence-electron chi connectivity index (χ1n) is 10.00. The summed E-state index contributed by atoms with van der Waals surface area (Å²) in [4.78, 5) is 21.7. The average Bonchev–Trinajstić information content (AvgIpc) is 2.77. The van der Waals surface area contributed by atoms with E-state index in [0.29, 0.717) is 5.69 Å². The molecule has 0 atom stereocenters. The number of carbonyl (C=O) groups excluding carboxylic acids is 1. The SMILES string of the molecule is Cc1ccc(C)c(NC(=O)c2ccc(N3CCN(c4ccccc4)CC3)cn2)c1. The smallest absolute Gasteiger partial charge is 0.274 e. The normalized spacial score (nSPS) is 14.0. The Balaban J connectivity index is 1.38. The van der Waals surface area contributed by atoms with Crippen molar-refractivity contribution < 1.29 is 4.79 Å². The minimum absolute atomic E-state index is 0.181. The zero-order valence-electron chi connectivity index (χ0n) is 16.9. The number of anilines is 3. The molecule has 0 radical (unpaired) electrons. The van der Waals surface area contributed by atoms with Crippen LogP contribution in [-0.4, -0.2) is 37.1 Å². The molecule has 5 nitrogen and oxygen atoms in total. The molecule has 1 aliphatic rings. The molecule has 148 valence electrons. The number of benzene rings is 2. The van der Waals surface area contributed by atoms with E-state index in [2.05, 4.69) is 44.4 Å². The first-order chi connectivity index (χ1) is 14.1. The number of rotatable bonds is 4. The van der Waals surface area contributed by atoms with Crippen LogP contribution in [0.25, 0.3) is 0 Å². The van der Waals surface area contributed by atoms with E-state index in [0.717, 1.165) is 48.7 Å². The summed E-state index contributed by atoms with van der Waals surface area (Å²) < 4.78 is 0. The van der Waals surface area contributed by atoms with Crippen LogP contribution in [0, 0.1) is 13.8 Å². The molecule has 0 aliphatic carbocycles. The molecule has 0 saturated carbocycles. The van der Waals surface area contributed by atoms with E-state index in [1.54, 1.807) is 12.3 Å². The van der Waals surface area contributed by atoms with Gasteiger partial charge in [-0.05, 0) is 55.3 Å². The van der Waals surface area contributed by atoms with Crippen LogP contribution in [0.2, 0.25) is 0 Å². The van der Waals surface area contributed by atoms with E-state index >= 15 is 0 Å². The Morgan fingerprint density at radius 1 is 0.862 bits per heavy atom. The van der Waals surface area contributed by atoms with E-state index in [4.69, 9.17) is 0 Å². The standard InChI is InChI=1S/C24H26N4O/c1-18-8-9-19(2)23(16-18)26-24(29)22-11-10-21(17-25-22)28-14-12-27(13-15-28)20-6-4-3-5-7-20/h3-11,16-17H,12-15H2,1-2H3,(H,26,29). The highest BCUT2D eigenvalue weighted by Gasteiger charge is 2.18. The van der Waals surface area contributed by atoms with Crippen LogP contribution in [-0.2, 0) is 0 Å². The molecule has 3 aromatic rings. The van der Waals surface area contributed by atoms with Crippen LogP contribution in [0.5, 0.6) is 0 Å². The summed E-state index contributed by atoms with van der Waals surface area (Å²) >= 11 is 0. The number of nitrogens with one attached hydrogen (secondary N) is 1. The van der Waals surface area contributed by atoms with Gasteiger partial charge in [0.05, 0.1) is 11.9 Å². The number of para-hydroxylation sites is 1. The van der Waals surface area contributed by atoms with Crippen molar-refractivity contribution in [2.75, 3.05) is 41.3 Å². The Morgan fingerprint density at radius 2 is 1.55 bits per heavy atom. The molecule has 1 aromatic heterocycles. The third-order valence-corrected chi connectivity index (χ3v) is 5.39. The van der Waals surface area contributed by atoms with Crippen LogP contribution in [0.1, 0.15) is 21.6 Å². The quantitative estimate of drug-likeness (QED) is 0.727. The number of carbonyl (C=O) groups is 1. The van der Waals surface area contributed by atoms with Gasteiger partial charge < -0.3 is 15.1 Å². The monoisotopic (exact) mass is 386 g/mol. The second-order valence-electron chi connectivity index (χ2n) is 7.48. The summed E-state index contributed by atoms with van der Waals surface area (Å²) in [5, 5.41) is 2.97. The molecule has 1 N–H and O–H groups in total. The molecule has 5 heteroatoms. The fraction of sp³-hybridized carbons (Fsp3) is 0.250. The number of hydrogen-bond donors (Lipinski definition) is 1. The Kier molecular flexibility index (Phi) is 5.47. The summed E-state index contributed by atoms with van der Waals surface area (Å²) in [5.74, 6) is -0.181. The van der Waals surface area contributed by atoms with Crippen molar-refractivity contribution >= 4 is 23.0 Å². The highest BCUT2D eigenvalue weighted by molar-refractivity contribution is 6.03. The second kappa shape index (κ2) is 8.35. The topological polar surface area (TPSA) is 48.5 Å². The van der Waals surface area contributed by atoms with Gasteiger partial charge >= 0.3 is 0 Å². The Morgan fingerprint density at radius 3 is 2.21 bits per heavy atom.